The van der Waals surface area contributed by atoms with Crippen LogP contribution in [0, 0.1) is 5.92 Å². The summed E-state index contributed by atoms with van der Waals surface area (Å²) in [5.41, 5.74) is 18.8. The number of nitrogens with two attached hydrogens (primary N) is 3. The number of aromatic amines is 2. The van der Waals surface area contributed by atoms with Crippen LogP contribution in [0.3, 0.4) is 0 Å². The van der Waals surface area contributed by atoms with Gasteiger partial charge in [0.1, 0.15) is 72.6 Å². The normalized spacial score (nSPS) is 20.6. The molecule has 4 unspecified atom stereocenters. The maximum Gasteiger partial charge on any atom is 0.329 e. The number of carbonyl (C=O) groups excluding carboxylic acids is 17. The molecule has 0 radical (unpaired) electrons. The number of carboxylic acid groups (broad SMARTS) is 4. The molecule has 125 heavy (non-hydrogen) atoms. The third kappa shape index (κ3) is 34.8. The van der Waals surface area contributed by atoms with Gasteiger partial charge in [0.2, 0.25) is 88.6 Å². The van der Waals surface area contributed by atoms with Crippen LogP contribution in [-0.4, -0.2) is 270 Å². The number of unbranched alkanes of at least 4 members (excludes halogenated alkanes) is 6. The molecular weight excluding hydrogens is 1650 g/mol. The molecule has 682 valence electrons. The molecule has 0 bridgehead atoms. The number of amides is 15. The SMILES string of the molecule is CCCCCCCCCC(=O)N[C@@H](Cc1c[nH]c2ccccc12)C(=O)N[C@@H](CC(N)=O)C(=O)N[C@@H](CC(=O)O)C(=O)NC1C(=O)NCC(=O)N[C@@H](CCCNC(=O)[C@@H](N)Cc2c[nH]cn2)C(=O)NC(CC(=O)O)C(=O)N[C@H](C)C(=O)N[C@@H](CC(=O)O)C(=O)NCC(=O)N[C@H](CO)C(=O)NC([C@H](C)CC(=O)O)C(=O)N[C@@H](CC(=O)c2ccccc2N)C(=O)OC1C. The van der Waals surface area contributed by atoms with Gasteiger partial charge in [-0.3, -0.25) is 95.9 Å². The highest BCUT2D eigenvalue weighted by atomic mass is 16.5. The minimum absolute atomic E-state index is 0.0328. The number of benzene rings is 2. The molecule has 3 heterocycles. The van der Waals surface area contributed by atoms with E-state index >= 15 is 0 Å². The van der Waals surface area contributed by atoms with Crippen LogP contribution in [0.15, 0.2) is 67.3 Å². The van der Waals surface area contributed by atoms with Crippen LogP contribution in [-0.2, 0) is 113 Å². The Morgan fingerprint density at radius 3 is 1.74 bits per heavy atom. The predicted octanol–water partition coefficient (Wildman–Crippen LogP) is -6.17. The Bertz CT molecular complexity index is 4540. The molecule has 0 spiro atoms. The zero-order valence-corrected chi connectivity index (χ0v) is 68.9. The molecule has 1 aliphatic rings. The number of esters is 1. The molecule has 15 amide bonds. The minimum Gasteiger partial charge on any atom is -0.481 e. The lowest BCUT2D eigenvalue weighted by atomic mass is 9.96. The first kappa shape index (κ1) is 102. The number of imidazole rings is 1. The topological polar surface area (TPSA) is 760 Å². The Kier molecular flexibility index (Phi) is 41.5. The van der Waals surface area contributed by atoms with Crippen LogP contribution < -0.4 is 91.6 Å². The van der Waals surface area contributed by atoms with E-state index in [9.17, 15) is 126 Å². The summed E-state index contributed by atoms with van der Waals surface area (Å²) in [6.45, 7) is 0.804. The van der Waals surface area contributed by atoms with E-state index in [4.69, 9.17) is 21.9 Å². The van der Waals surface area contributed by atoms with E-state index in [2.05, 4.69) is 80.4 Å². The lowest BCUT2D eigenvalue weighted by molar-refractivity contribution is -0.156. The maximum atomic E-state index is 15.0. The number of aliphatic carboxylic acids is 4. The molecule has 5 rings (SSSR count). The number of aliphatic hydroxyl groups is 1. The molecule has 1 saturated heterocycles. The van der Waals surface area contributed by atoms with Gasteiger partial charge in [0.15, 0.2) is 5.78 Å². The lowest BCUT2D eigenvalue weighted by Gasteiger charge is -2.30. The predicted molar refractivity (Wildman–Crippen MR) is 434 cm³/mol. The second-order valence-electron chi connectivity index (χ2n) is 29.6. The fraction of sp³-hybridized carbons (Fsp3) is 0.513. The number of para-hydroxylation sites is 2. The Labute approximate surface area is 713 Å². The third-order valence-corrected chi connectivity index (χ3v) is 19.5. The standard InChI is InChI=1S/C78H108N20O27/c1-5-6-7-8-9-10-11-22-58(102)90-49(25-41-32-84-47-20-15-13-17-43(41)47)72(118)93-50(28-57(81)101)73(119)95-53(31-64(111)112)74(120)98-66-40(4)125-78(124)54(27-56(100)44-18-12-14-19-45(44)79)96-77(123)65(38(2)24-61(105)106)97-75(121)55(36-99)91-60(104)34-85-69(115)51(29-62(107)108)92-67(113)39(3)88-71(117)52(30-63(109)110)94-70(116)48(89-59(103)35-86-76(66)122)21-16-23-83-68(114)46(80)26-42-33-82-37-87-42/h12-15,17-20,32-33,37-40,46,48-55,65-66,84,99H,5-11,16,21-31,34-36,79-80H2,1-4H3,(H2,81,101)(H,82,87)(H,83,114)(H,85,115)(H,86,122)(H,88,117)(H,89,103)(H,90,102)(H,91,104)(H,92,113)(H,93,118)(H,94,116)(H,95,119)(H,96,123)(H,97,121)(H,98,120)(H,105,106)(H,107,108)(H,109,110)(H,111,112)/t38-,39-,40?,46+,48+,49+,50+,51+,52?,53+,54+,55-,65?,66?/m1/s1. The highest BCUT2D eigenvalue weighted by Crippen LogP contribution is 2.22. The summed E-state index contributed by atoms with van der Waals surface area (Å²) in [6.07, 6.45) is -0.281. The number of fused-ring (bicyclic) bond motifs is 1. The number of rotatable bonds is 39. The van der Waals surface area contributed by atoms with Gasteiger partial charge in [-0.25, -0.2) is 9.78 Å². The largest absolute Gasteiger partial charge is 0.481 e. The number of anilines is 1. The third-order valence-electron chi connectivity index (χ3n) is 19.5. The van der Waals surface area contributed by atoms with Gasteiger partial charge in [-0.2, -0.15) is 0 Å². The molecule has 2 aromatic carbocycles. The van der Waals surface area contributed by atoms with Crippen molar-refractivity contribution in [1.29, 1.82) is 0 Å². The van der Waals surface area contributed by atoms with Crippen LogP contribution in [0.2, 0.25) is 0 Å². The Hall–Kier alpha value is -14.0. The summed E-state index contributed by atoms with van der Waals surface area (Å²) >= 11 is 0. The zero-order valence-electron chi connectivity index (χ0n) is 68.9. The second-order valence-corrected chi connectivity index (χ2v) is 29.6. The number of ketones is 1. The van der Waals surface area contributed by atoms with E-state index in [0.29, 0.717) is 35.0 Å². The molecule has 47 nitrogen and oxygen atoms in total. The first-order chi connectivity index (χ1) is 59.2. The summed E-state index contributed by atoms with van der Waals surface area (Å²) in [4.78, 5) is 299. The lowest BCUT2D eigenvalue weighted by Crippen LogP contribution is -2.62. The summed E-state index contributed by atoms with van der Waals surface area (Å²) < 4.78 is 5.72. The maximum absolute atomic E-state index is 15.0. The van der Waals surface area contributed by atoms with E-state index in [-0.39, 0.29) is 43.5 Å². The van der Waals surface area contributed by atoms with Gasteiger partial charge in [-0.05, 0) is 62.8 Å². The van der Waals surface area contributed by atoms with Gasteiger partial charge in [0, 0.05) is 66.8 Å². The number of Topliss-reactive ketones (excluding diaryl/α,β-unsaturated/α-hetero) is 1. The van der Waals surface area contributed by atoms with Gasteiger partial charge in [0.05, 0.1) is 69.9 Å². The smallest absolute Gasteiger partial charge is 0.329 e. The Balaban J connectivity index is 1.63. The van der Waals surface area contributed by atoms with Crippen molar-refractivity contribution >= 4 is 141 Å². The Morgan fingerprint density at radius 2 is 1.13 bits per heavy atom. The number of carboxylic acids is 4. The van der Waals surface area contributed by atoms with Crippen LogP contribution in [0.5, 0.6) is 0 Å². The van der Waals surface area contributed by atoms with Gasteiger partial charge in [0.25, 0.3) is 0 Å². The van der Waals surface area contributed by atoms with Crippen molar-refractivity contribution in [3.8, 4) is 0 Å². The quantitative estimate of drug-likeness (QED) is 0.00855. The number of hydrogen-bond donors (Lipinski definition) is 24. The first-order valence-electron chi connectivity index (χ1n) is 40.0. The average Bonchev–Trinajstić information content (AvgIpc) is 1.39. The second kappa shape index (κ2) is 51.0. The minimum atomic E-state index is -2.50. The number of primary amides is 1. The number of carbonyl (C=O) groups is 21. The van der Waals surface area contributed by atoms with Gasteiger partial charge >= 0.3 is 29.8 Å². The fourth-order valence-corrected chi connectivity index (χ4v) is 12.8. The number of nitrogens with one attached hydrogen (secondary N) is 16. The Morgan fingerprint density at radius 1 is 0.560 bits per heavy atom. The molecule has 14 atom stereocenters. The number of nitrogens with zero attached hydrogens (tertiary/aromatic N) is 1. The molecule has 1 fully saturated rings. The fourth-order valence-electron chi connectivity index (χ4n) is 12.8. The molecular formula is C78H108N20O27. The average molecular weight is 1760 g/mol. The molecule has 0 saturated carbocycles. The van der Waals surface area contributed by atoms with Crippen molar-refractivity contribution in [2.75, 3.05) is 32.0 Å². The number of ether oxygens (including phenoxy) is 1. The van der Waals surface area contributed by atoms with E-state index in [0.717, 1.165) is 52.9 Å². The van der Waals surface area contributed by atoms with Crippen molar-refractivity contribution < 1.29 is 131 Å². The number of aliphatic hydroxyl groups excluding tert-OH is 1. The molecule has 2 aromatic heterocycles. The van der Waals surface area contributed by atoms with E-state index in [1.807, 2.05) is 16.0 Å². The van der Waals surface area contributed by atoms with E-state index in [1.165, 1.54) is 36.8 Å². The number of cyclic esters (lactones) is 1. The molecule has 4 aromatic rings. The first-order valence-corrected chi connectivity index (χ1v) is 40.0. The van der Waals surface area contributed by atoms with Gasteiger partial charge in [-0.15, -0.1) is 0 Å². The van der Waals surface area contributed by atoms with E-state index in [1.54, 1.807) is 30.5 Å². The van der Waals surface area contributed by atoms with Crippen LogP contribution in [0.25, 0.3) is 10.9 Å². The van der Waals surface area contributed by atoms with Crippen molar-refractivity contribution in [2.45, 2.75) is 222 Å². The zero-order chi connectivity index (χ0) is 92.7. The van der Waals surface area contributed by atoms with Crippen molar-refractivity contribution in [3.05, 3.63) is 84.1 Å². The number of aromatic nitrogens is 3. The van der Waals surface area contributed by atoms with Crippen LogP contribution in [0.4, 0.5) is 5.69 Å². The summed E-state index contributed by atoms with van der Waals surface area (Å²) in [5.74, 6) is -31.1. The van der Waals surface area contributed by atoms with Gasteiger partial charge < -0.3 is 132 Å². The van der Waals surface area contributed by atoms with Crippen LogP contribution >= 0.6 is 0 Å². The monoisotopic (exact) mass is 1760 g/mol. The summed E-state index contributed by atoms with van der Waals surface area (Å²) in [7, 11) is 0. The molecule has 47 heteroatoms. The molecule has 0 aliphatic carbocycles. The molecule has 1 aliphatic heterocycles. The summed E-state index contributed by atoms with van der Waals surface area (Å²) in [5, 5.41) is 81.6. The van der Waals surface area contributed by atoms with Crippen molar-refractivity contribution in [2.24, 2.45) is 17.4 Å². The summed E-state index contributed by atoms with van der Waals surface area (Å²) in [6, 6.07) is -12.3. The highest BCUT2D eigenvalue weighted by Gasteiger charge is 2.41. The van der Waals surface area contributed by atoms with Crippen molar-refractivity contribution in [1.82, 2.24) is 89.4 Å². The van der Waals surface area contributed by atoms with E-state index < -0.39 is 273 Å². The number of H-pyrrole nitrogens is 2. The molecule has 27 N–H and O–H groups in total. The van der Waals surface area contributed by atoms with Crippen LogP contribution in [0.1, 0.15) is 152 Å². The highest BCUT2D eigenvalue weighted by molar-refractivity contribution is 6.05. The van der Waals surface area contributed by atoms with Gasteiger partial charge in [-0.1, -0.05) is 82.7 Å². The number of hydrogen-bond acceptors (Lipinski definition) is 26. The van der Waals surface area contributed by atoms with Crippen molar-refractivity contribution in [3.63, 3.8) is 0 Å². The number of nitrogen functional groups attached to an aromatic ring is 1.